The molecule has 4 aromatic carbocycles. The lowest BCUT2D eigenvalue weighted by molar-refractivity contribution is 0.0737. The summed E-state index contributed by atoms with van der Waals surface area (Å²) in [6.07, 6.45) is 0. The number of halogens is 1. The first-order valence-corrected chi connectivity index (χ1v) is 12.2. The molecule has 0 fully saturated rings. The van der Waals surface area contributed by atoms with Crippen molar-refractivity contribution in [3.63, 3.8) is 0 Å². The Morgan fingerprint density at radius 2 is 1.47 bits per heavy atom. The minimum Gasteiger partial charge on any atom is -0.343 e. The number of rotatable bonds is 4. The normalized spacial score (nSPS) is 15.2. The Morgan fingerprint density at radius 3 is 2.26 bits per heavy atom. The average Bonchev–Trinajstić information content (AvgIpc) is 3.31. The standard InChI is InChI=1S/C30H23BrN2O/c1-32-26-14-8-7-13-25(26)27(28(32)21-15-17-22(31)18-16-21)29-23-11-5-6-12-24(23)30(34)33(29)19-20-9-3-2-4-10-20/h2-18,29H,19H2,1H3. The van der Waals surface area contributed by atoms with Crippen molar-refractivity contribution in [1.82, 2.24) is 9.47 Å². The summed E-state index contributed by atoms with van der Waals surface area (Å²) in [6.45, 7) is 0.558. The number of hydrogen-bond donors (Lipinski definition) is 0. The van der Waals surface area contributed by atoms with Crippen molar-refractivity contribution >= 4 is 32.7 Å². The quantitative estimate of drug-likeness (QED) is 0.250. The van der Waals surface area contributed by atoms with Crippen molar-refractivity contribution in [2.75, 3.05) is 0 Å². The number of benzene rings is 4. The molecule has 34 heavy (non-hydrogen) atoms. The Bertz CT molecular complexity index is 1520. The fourth-order valence-corrected chi connectivity index (χ4v) is 5.55. The van der Waals surface area contributed by atoms with Gasteiger partial charge in [-0.3, -0.25) is 4.79 Å². The molecule has 0 saturated heterocycles. The number of aromatic nitrogens is 1. The summed E-state index contributed by atoms with van der Waals surface area (Å²) in [5.74, 6) is 0.0825. The van der Waals surface area contributed by atoms with Gasteiger partial charge in [-0.05, 0) is 41.0 Å². The van der Waals surface area contributed by atoms with E-state index < -0.39 is 0 Å². The van der Waals surface area contributed by atoms with Gasteiger partial charge in [-0.15, -0.1) is 0 Å². The summed E-state index contributed by atoms with van der Waals surface area (Å²) in [6, 6.07) is 35.1. The number of fused-ring (bicyclic) bond motifs is 2. The molecule has 1 aromatic heterocycles. The second-order valence-corrected chi connectivity index (χ2v) is 9.67. The zero-order chi connectivity index (χ0) is 23.2. The monoisotopic (exact) mass is 506 g/mol. The summed E-state index contributed by atoms with van der Waals surface area (Å²) in [5.41, 5.74) is 7.59. The molecule has 166 valence electrons. The second-order valence-electron chi connectivity index (χ2n) is 8.75. The summed E-state index contributed by atoms with van der Waals surface area (Å²) in [4.78, 5) is 15.8. The first-order valence-electron chi connectivity index (χ1n) is 11.4. The summed E-state index contributed by atoms with van der Waals surface area (Å²) >= 11 is 3.57. The van der Waals surface area contributed by atoms with Gasteiger partial charge in [-0.25, -0.2) is 0 Å². The minimum atomic E-state index is -0.173. The summed E-state index contributed by atoms with van der Waals surface area (Å²) in [7, 11) is 2.12. The van der Waals surface area contributed by atoms with Crippen LogP contribution in [0, 0.1) is 0 Å². The average molecular weight is 507 g/mol. The van der Waals surface area contributed by atoms with Crippen LogP contribution in [0.3, 0.4) is 0 Å². The predicted molar refractivity (Wildman–Crippen MR) is 141 cm³/mol. The molecule has 3 nitrogen and oxygen atoms in total. The van der Waals surface area contributed by atoms with E-state index in [0.717, 1.165) is 37.9 Å². The second kappa shape index (κ2) is 8.30. The van der Waals surface area contributed by atoms with Crippen LogP contribution < -0.4 is 0 Å². The first kappa shape index (κ1) is 20.9. The Morgan fingerprint density at radius 1 is 0.794 bits per heavy atom. The van der Waals surface area contributed by atoms with Gasteiger partial charge in [0.05, 0.1) is 11.7 Å². The number of carbonyl (C=O) groups is 1. The van der Waals surface area contributed by atoms with Crippen LogP contribution in [0.1, 0.15) is 33.1 Å². The number of nitrogens with zero attached hydrogens (tertiary/aromatic N) is 2. The molecule has 1 aliphatic rings. The van der Waals surface area contributed by atoms with Crippen LogP contribution in [0.25, 0.3) is 22.2 Å². The molecule has 6 rings (SSSR count). The molecule has 1 amide bonds. The number of hydrogen-bond acceptors (Lipinski definition) is 1. The van der Waals surface area contributed by atoms with Gasteiger partial charge in [-0.2, -0.15) is 0 Å². The largest absolute Gasteiger partial charge is 0.343 e. The van der Waals surface area contributed by atoms with Gasteiger partial charge in [-0.1, -0.05) is 94.8 Å². The van der Waals surface area contributed by atoms with Gasteiger partial charge in [0.25, 0.3) is 5.91 Å². The molecule has 0 radical (unpaired) electrons. The minimum absolute atomic E-state index is 0.0825. The number of aryl methyl sites for hydroxylation is 1. The fraction of sp³-hybridized carbons (Fsp3) is 0.100. The van der Waals surface area contributed by atoms with E-state index in [1.807, 2.05) is 41.3 Å². The van der Waals surface area contributed by atoms with Crippen molar-refractivity contribution in [2.45, 2.75) is 12.6 Å². The third-order valence-electron chi connectivity index (χ3n) is 6.79. The van der Waals surface area contributed by atoms with Gasteiger partial charge >= 0.3 is 0 Å². The third-order valence-corrected chi connectivity index (χ3v) is 7.32. The number of amides is 1. The smallest absolute Gasteiger partial charge is 0.255 e. The molecular formula is C30H23BrN2O. The van der Waals surface area contributed by atoms with E-state index in [2.05, 4.69) is 94.3 Å². The maximum Gasteiger partial charge on any atom is 0.255 e. The zero-order valence-corrected chi connectivity index (χ0v) is 20.4. The van der Waals surface area contributed by atoms with Gasteiger partial charge in [0, 0.05) is 40.1 Å². The van der Waals surface area contributed by atoms with Crippen LogP contribution in [0.2, 0.25) is 0 Å². The lowest BCUT2D eigenvalue weighted by Crippen LogP contribution is -2.28. The van der Waals surface area contributed by atoms with E-state index in [1.54, 1.807) is 0 Å². The van der Waals surface area contributed by atoms with Crippen molar-refractivity contribution < 1.29 is 4.79 Å². The van der Waals surface area contributed by atoms with Crippen LogP contribution in [0.15, 0.2) is 108 Å². The molecule has 1 unspecified atom stereocenters. The Hall–Kier alpha value is -3.63. The maximum absolute atomic E-state index is 13.7. The van der Waals surface area contributed by atoms with Crippen LogP contribution in [-0.2, 0) is 13.6 Å². The molecule has 2 heterocycles. The summed E-state index contributed by atoms with van der Waals surface area (Å²) in [5, 5.41) is 1.18. The topological polar surface area (TPSA) is 25.2 Å². The molecule has 0 N–H and O–H groups in total. The Kier molecular flexibility index (Phi) is 5.11. The van der Waals surface area contributed by atoms with Gasteiger partial charge in [0.2, 0.25) is 0 Å². The lowest BCUT2D eigenvalue weighted by atomic mass is 9.93. The fourth-order valence-electron chi connectivity index (χ4n) is 5.28. The van der Waals surface area contributed by atoms with Crippen LogP contribution in [0.5, 0.6) is 0 Å². The molecule has 1 atom stereocenters. The van der Waals surface area contributed by atoms with Crippen molar-refractivity contribution in [3.05, 3.63) is 130 Å². The highest BCUT2D eigenvalue weighted by molar-refractivity contribution is 9.10. The van der Waals surface area contributed by atoms with E-state index in [0.29, 0.717) is 6.54 Å². The van der Waals surface area contributed by atoms with Gasteiger partial charge < -0.3 is 9.47 Å². The van der Waals surface area contributed by atoms with E-state index in [4.69, 9.17) is 0 Å². The lowest BCUT2D eigenvalue weighted by Gasteiger charge is -2.27. The highest BCUT2D eigenvalue weighted by atomic mass is 79.9. The molecule has 0 spiro atoms. The first-order chi connectivity index (χ1) is 16.6. The zero-order valence-electron chi connectivity index (χ0n) is 18.8. The van der Waals surface area contributed by atoms with Crippen LogP contribution in [-0.4, -0.2) is 15.4 Å². The Labute approximate surface area is 207 Å². The number of para-hydroxylation sites is 1. The van der Waals surface area contributed by atoms with Crippen molar-refractivity contribution in [1.29, 1.82) is 0 Å². The van der Waals surface area contributed by atoms with Crippen molar-refractivity contribution in [2.24, 2.45) is 7.05 Å². The Balaban J connectivity index is 1.63. The molecule has 4 heteroatoms. The van der Waals surface area contributed by atoms with Gasteiger partial charge in [0.15, 0.2) is 0 Å². The van der Waals surface area contributed by atoms with Crippen LogP contribution >= 0.6 is 15.9 Å². The maximum atomic E-state index is 13.7. The molecule has 0 bridgehead atoms. The SMILES string of the molecule is Cn1c(-c2ccc(Br)cc2)c(C2c3ccccc3C(=O)N2Cc2ccccc2)c2ccccc21. The van der Waals surface area contributed by atoms with E-state index in [9.17, 15) is 4.79 Å². The number of carbonyl (C=O) groups excluding carboxylic acids is 1. The predicted octanol–water partition coefficient (Wildman–Crippen LogP) is 7.35. The van der Waals surface area contributed by atoms with Gasteiger partial charge in [0.1, 0.15) is 0 Å². The molecule has 5 aromatic rings. The summed E-state index contributed by atoms with van der Waals surface area (Å²) < 4.78 is 3.31. The highest BCUT2D eigenvalue weighted by Crippen LogP contribution is 2.47. The molecule has 0 saturated carbocycles. The van der Waals surface area contributed by atoms with E-state index in [1.165, 1.54) is 10.9 Å². The third kappa shape index (κ3) is 3.29. The molecular weight excluding hydrogens is 484 g/mol. The van der Waals surface area contributed by atoms with E-state index >= 15 is 0 Å². The molecule has 0 aliphatic carbocycles. The molecule has 1 aliphatic heterocycles. The van der Waals surface area contributed by atoms with E-state index in [-0.39, 0.29) is 11.9 Å². The highest BCUT2D eigenvalue weighted by Gasteiger charge is 2.40. The van der Waals surface area contributed by atoms with Crippen LogP contribution in [0.4, 0.5) is 0 Å². The van der Waals surface area contributed by atoms with Crippen molar-refractivity contribution in [3.8, 4) is 11.3 Å².